The Kier molecular flexibility index (Phi) is 8.36. The average Bonchev–Trinajstić information content (AvgIpc) is 2.18. The van der Waals surface area contributed by atoms with Crippen LogP contribution in [0.4, 0.5) is 0 Å². The molecule has 0 aromatic carbocycles. The lowest BCUT2D eigenvalue weighted by Crippen LogP contribution is -2.11. The molecule has 0 radical (unpaired) electrons. The third kappa shape index (κ3) is 8.95. The van der Waals surface area contributed by atoms with E-state index in [-0.39, 0.29) is 25.2 Å². The Labute approximate surface area is 90.2 Å². The minimum atomic E-state index is -0.522. The zero-order valence-electron chi connectivity index (χ0n) is 9.12. The van der Waals surface area contributed by atoms with Crippen LogP contribution >= 0.6 is 0 Å². The lowest BCUT2D eigenvalue weighted by Gasteiger charge is -2.01. The third-order valence-corrected chi connectivity index (χ3v) is 1.88. The van der Waals surface area contributed by atoms with E-state index < -0.39 is 5.97 Å². The van der Waals surface area contributed by atoms with E-state index in [2.05, 4.69) is 11.7 Å². The van der Waals surface area contributed by atoms with E-state index in [1.807, 2.05) is 6.07 Å². The van der Waals surface area contributed by atoms with E-state index >= 15 is 0 Å². The standard InChI is InChI=1S/C11H17NO3/c1-2-3-4-6-10(13)9-11(14)15-8-5-7-12/h2-6,8-9H2,1H3. The van der Waals surface area contributed by atoms with Crippen molar-refractivity contribution in [3.8, 4) is 6.07 Å². The van der Waals surface area contributed by atoms with Gasteiger partial charge in [0.15, 0.2) is 0 Å². The lowest BCUT2D eigenvalue weighted by molar-refractivity contribution is -0.145. The summed E-state index contributed by atoms with van der Waals surface area (Å²) in [6.45, 7) is 2.14. The third-order valence-electron chi connectivity index (χ3n) is 1.88. The first-order valence-electron chi connectivity index (χ1n) is 5.25. The first-order valence-corrected chi connectivity index (χ1v) is 5.25. The van der Waals surface area contributed by atoms with Crippen LogP contribution in [0.15, 0.2) is 0 Å². The maximum atomic E-state index is 11.2. The van der Waals surface area contributed by atoms with Gasteiger partial charge in [-0.1, -0.05) is 19.8 Å². The molecule has 0 fully saturated rings. The highest BCUT2D eigenvalue weighted by molar-refractivity contribution is 5.95. The Bertz CT molecular complexity index is 243. The molecule has 15 heavy (non-hydrogen) atoms. The maximum absolute atomic E-state index is 11.2. The van der Waals surface area contributed by atoms with E-state index in [9.17, 15) is 9.59 Å². The van der Waals surface area contributed by atoms with Crippen molar-refractivity contribution in [3.05, 3.63) is 0 Å². The molecule has 0 aliphatic heterocycles. The van der Waals surface area contributed by atoms with E-state index in [0.717, 1.165) is 19.3 Å². The summed E-state index contributed by atoms with van der Waals surface area (Å²) in [7, 11) is 0. The van der Waals surface area contributed by atoms with E-state index in [1.165, 1.54) is 0 Å². The number of rotatable bonds is 8. The van der Waals surface area contributed by atoms with Crippen molar-refractivity contribution in [2.75, 3.05) is 6.61 Å². The summed E-state index contributed by atoms with van der Waals surface area (Å²) in [5, 5.41) is 8.20. The number of unbranched alkanes of at least 4 members (excludes halogenated alkanes) is 2. The van der Waals surface area contributed by atoms with Crippen LogP contribution in [-0.2, 0) is 14.3 Å². The second-order valence-corrected chi connectivity index (χ2v) is 3.30. The highest BCUT2D eigenvalue weighted by Crippen LogP contribution is 2.02. The Balaban J connectivity index is 3.50. The van der Waals surface area contributed by atoms with Gasteiger partial charge in [-0.15, -0.1) is 0 Å². The fourth-order valence-electron chi connectivity index (χ4n) is 1.08. The van der Waals surface area contributed by atoms with Gasteiger partial charge in [-0.25, -0.2) is 0 Å². The van der Waals surface area contributed by atoms with Crippen molar-refractivity contribution >= 4 is 11.8 Å². The van der Waals surface area contributed by atoms with Crippen LogP contribution in [0.1, 0.15) is 45.4 Å². The van der Waals surface area contributed by atoms with Gasteiger partial charge >= 0.3 is 5.97 Å². The summed E-state index contributed by atoms with van der Waals surface area (Å²) in [6, 6.07) is 1.86. The Hall–Kier alpha value is -1.37. The van der Waals surface area contributed by atoms with Crippen LogP contribution in [0.25, 0.3) is 0 Å². The normalized spacial score (nSPS) is 9.33. The highest BCUT2D eigenvalue weighted by atomic mass is 16.5. The zero-order chi connectivity index (χ0) is 11.5. The Morgan fingerprint density at radius 2 is 2.07 bits per heavy atom. The molecule has 0 saturated heterocycles. The molecule has 0 saturated carbocycles. The number of nitrogens with zero attached hydrogens (tertiary/aromatic N) is 1. The number of carbonyl (C=O) groups is 2. The van der Waals surface area contributed by atoms with Gasteiger partial charge in [-0.05, 0) is 6.42 Å². The molecule has 0 aliphatic rings. The number of esters is 1. The zero-order valence-corrected chi connectivity index (χ0v) is 9.12. The van der Waals surface area contributed by atoms with Crippen LogP contribution in [0.3, 0.4) is 0 Å². The quantitative estimate of drug-likeness (QED) is 0.350. The summed E-state index contributed by atoms with van der Waals surface area (Å²) in [5.41, 5.74) is 0. The Morgan fingerprint density at radius 3 is 2.67 bits per heavy atom. The van der Waals surface area contributed by atoms with Gasteiger partial charge < -0.3 is 4.74 Å². The van der Waals surface area contributed by atoms with Crippen molar-refractivity contribution in [2.24, 2.45) is 0 Å². The molecule has 0 spiro atoms. The first-order chi connectivity index (χ1) is 7.20. The van der Waals surface area contributed by atoms with E-state index in [4.69, 9.17) is 5.26 Å². The predicted molar refractivity (Wildman–Crippen MR) is 55.0 cm³/mol. The highest BCUT2D eigenvalue weighted by Gasteiger charge is 2.09. The number of hydrogen-bond acceptors (Lipinski definition) is 4. The van der Waals surface area contributed by atoms with E-state index in [1.54, 1.807) is 0 Å². The number of ketones is 1. The number of Topliss-reactive ketones (excluding diaryl/α,β-unsaturated/α-hetero) is 1. The first kappa shape index (κ1) is 13.6. The molecular weight excluding hydrogens is 194 g/mol. The largest absolute Gasteiger partial charge is 0.464 e. The monoisotopic (exact) mass is 211 g/mol. The number of nitriles is 1. The van der Waals surface area contributed by atoms with Gasteiger partial charge in [-0.3, -0.25) is 9.59 Å². The second-order valence-electron chi connectivity index (χ2n) is 3.30. The minimum Gasteiger partial charge on any atom is -0.464 e. The van der Waals surface area contributed by atoms with Crippen molar-refractivity contribution in [3.63, 3.8) is 0 Å². The van der Waals surface area contributed by atoms with Gasteiger partial charge in [0.05, 0.1) is 12.5 Å². The molecular formula is C11H17NO3. The van der Waals surface area contributed by atoms with Crippen LogP contribution in [-0.4, -0.2) is 18.4 Å². The summed E-state index contributed by atoms with van der Waals surface area (Å²) < 4.78 is 4.68. The number of carbonyl (C=O) groups excluding carboxylic acids is 2. The van der Waals surface area contributed by atoms with Crippen LogP contribution in [0, 0.1) is 11.3 Å². The molecule has 0 unspecified atom stereocenters. The molecule has 0 amide bonds. The smallest absolute Gasteiger partial charge is 0.313 e. The molecule has 0 aromatic heterocycles. The Morgan fingerprint density at radius 1 is 1.33 bits per heavy atom. The second kappa shape index (κ2) is 9.20. The van der Waals surface area contributed by atoms with Gasteiger partial charge in [0.2, 0.25) is 0 Å². The molecule has 4 heteroatoms. The average molecular weight is 211 g/mol. The summed E-state index contributed by atoms with van der Waals surface area (Å²) >= 11 is 0. The molecule has 0 N–H and O–H groups in total. The predicted octanol–water partition coefficient (Wildman–Crippen LogP) is 1.98. The molecule has 0 aliphatic carbocycles. The lowest BCUT2D eigenvalue weighted by atomic mass is 10.1. The van der Waals surface area contributed by atoms with Crippen molar-refractivity contribution < 1.29 is 14.3 Å². The maximum Gasteiger partial charge on any atom is 0.313 e. The van der Waals surface area contributed by atoms with Crippen molar-refractivity contribution in [1.82, 2.24) is 0 Å². The van der Waals surface area contributed by atoms with Gasteiger partial charge in [0, 0.05) is 6.42 Å². The molecule has 0 heterocycles. The fourth-order valence-corrected chi connectivity index (χ4v) is 1.08. The van der Waals surface area contributed by atoms with Crippen LogP contribution in [0.2, 0.25) is 0 Å². The van der Waals surface area contributed by atoms with Gasteiger partial charge in [-0.2, -0.15) is 5.26 Å². The molecule has 0 rings (SSSR count). The molecule has 0 aromatic rings. The molecule has 4 nitrogen and oxygen atoms in total. The number of hydrogen-bond donors (Lipinski definition) is 0. The molecule has 84 valence electrons. The van der Waals surface area contributed by atoms with Crippen molar-refractivity contribution in [1.29, 1.82) is 5.26 Å². The van der Waals surface area contributed by atoms with Crippen LogP contribution < -0.4 is 0 Å². The minimum absolute atomic E-state index is 0.0783. The van der Waals surface area contributed by atoms with Crippen molar-refractivity contribution in [2.45, 2.75) is 45.4 Å². The fraction of sp³-hybridized carbons (Fsp3) is 0.727. The SMILES string of the molecule is CCCCCC(=O)CC(=O)OCCC#N. The summed E-state index contributed by atoms with van der Waals surface area (Å²) in [6.07, 6.45) is 3.36. The molecule has 0 atom stereocenters. The molecule has 0 bridgehead atoms. The summed E-state index contributed by atoms with van der Waals surface area (Å²) in [5.74, 6) is -0.600. The number of ether oxygens (including phenoxy) is 1. The summed E-state index contributed by atoms with van der Waals surface area (Å²) in [4.78, 5) is 22.2. The van der Waals surface area contributed by atoms with E-state index in [0.29, 0.717) is 6.42 Å². The van der Waals surface area contributed by atoms with Gasteiger partial charge in [0.25, 0.3) is 0 Å². The van der Waals surface area contributed by atoms with Crippen LogP contribution in [0.5, 0.6) is 0 Å². The van der Waals surface area contributed by atoms with Gasteiger partial charge in [0.1, 0.15) is 18.8 Å². The topological polar surface area (TPSA) is 67.2 Å².